The summed E-state index contributed by atoms with van der Waals surface area (Å²) >= 11 is 0. The minimum Gasteiger partial charge on any atom is -0.354 e. The summed E-state index contributed by atoms with van der Waals surface area (Å²) in [4.78, 5) is 15.5. The average molecular weight is 316 g/mol. The molecule has 2 aromatic carbocycles. The fourth-order valence-electron chi connectivity index (χ4n) is 2.13. The summed E-state index contributed by atoms with van der Waals surface area (Å²) in [6, 6.07) is 20.4. The number of carbonyl (C=O) groups is 1. The number of aromatic nitrogens is 1. The molecule has 0 unspecified atom stereocenters. The lowest BCUT2D eigenvalue weighted by Crippen LogP contribution is -1.94. The third-order valence-electron chi connectivity index (χ3n) is 3.38. The van der Waals surface area contributed by atoms with Crippen molar-refractivity contribution >= 4 is 28.7 Å². The first-order valence-corrected chi connectivity index (χ1v) is 7.52. The first kappa shape index (κ1) is 15.6. The first-order valence-electron chi connectivity index (χ1n) is 7.52. The summed E-state index contributed by atoms with van der Waals surface area (Å²) in [7, 11) is 0. The number of hydrogen-bond donors (Lipinski definition) is 1. The molecule has 0 radical (unpaired) electrons. The van der Waals surface area contributed by atoms with Gasteiger partial charge in [0.1, 0.15) is 5.69 Å². The van der Waals surface area contributed by atoms with E-state index in [9.17, 15) is 4.79 Å². The normalized spacial score (nSPS) is 10.7. The Kier molecular flexibility index (Phi) is 4.72. The van der Waals surface area contributed by atoms with Gasteiger partial charge in [0.15, 0.2) is 11.6 Å². The maximum absolute atomic E-state index is 11.3. The van der Waals surface area contributed by atoms with Crippen molar-refractivity contribution in [3.05, 3.63) is 78.5 Å². The van der Waals surface area contributed by atoms with Gasteiger partial charge in [0.2, 0.25) is 0 Å². The highest BCUT2D eigenvalue weighted by Gasteiger charge is 2.03. The topological polar surface area (TPSA) is 66.7 Å². The van der Waals surface area contributed by atoms with Crippen LogP contribution in [0.4, 0.5) is 22.9 Å². The highest BCUT2D eigenvalue weighted by Crippen LogP contribution is 2.29. The summed E-state index contributed by atoms with van der Waals surface area (Å²) in [5.74, 6) is 0.601. The molecular formula is C19H16N4O. The van der Waals surface area contributed by atoms with E-state index in [1.807, 2.05) is 48.5 Å². The fourth-order valence-corrected chi connectivity index (χ4v) is 2.13. The zero-order valence-electron chi connectivity index (χ0n) is 13.2. The number of nitrogens with one attached hydrogen (secondary N) is 1. The van der Waals surface area contributed by atoms with Gasteiger partial charge in [-0.3, -0.25) is 4.79 Å². The Morgan fingerprint density at radius 1 is 0.917 bits per heavy atom. The maximum atomic E-state index is 11.3. The van der Waals surface area contributed by atoms with E-state index in [0.717, 1.165) is 11.4 Å². The zero-order chi connectivity index (χ0) is 16.8. The van der Waals surface area contributed by atoms with Crippen LogP contribution < -0.4 is 5.32 Å². The highest BCUT2D eigenvalue weighted by atomic mass is 16.1. The average Bonchev–Trinajstić information content (AvgIpc) is 2.62. The summed E-state index contributed by atoms with van der Waals surface area (Å²) in [6.07, 6.45) is 1.68. The van der Waals surface area contributed by atoms with Crippen LogP contribution in [-0.4, -0.2) is 10.8 Å². The van der Waals surface area contributed by atoms with Crippen molar-refractivity contribution in [3.63, 3.8) is 0 Å². The van der Waals surface area contributed by atoms with Gasteiger partial charge in [-0.15, -0.1) is 10.2 Å². The number of hydrogen-bond acceptors (Lipinski definition) is 5. The molecule has 0 bridgehead atoms. The number of para-hydroxylation sites is 1. The second-order valence-corrected chi connectivity index (χ2v) is 5.16. The minimum atomic E-state index is 0.0473. The molecule has 0 saturated carbocycles. The third kappa shape index (κ3) is 3.89. The summed E-state index contributed by atoms with van der Waals surface area (Å²) in [5, 5.41) is 11.7. The molecule has 0 aliphatic carbocycles. The van der Waals surface area contributed by atoms with Crippen molar-refractivity contribution in [2.24, 2.45) is 10.2 Å². The van der Waals surface area contributed by atoms with E-state index < -0.39 is 0 Å². The van der Waals surface area contributed by atoms with Crippen LogP contribution in [-0.2, 0) is 0 Å². The minimum absolute atomic E-state index is 0.0473. The standard InChI is InChI=1S/C19H16N4O/c1-14(24)15-9-11-16(12-10-15)21-17-6-2-3-7-18(17)22-23-19-8-4-5-13-20-19/h2-13,21H,1H3. The number of carbonyl (C=O) groups excluding carboxylic acids is 1. The van der Waals surface area contributed by atoms with Gasteiger partial charge in [-0.25, -0.2) is 4.98 Å². The molecule has 1 heterocycles. The Balaban J connectivity index is 1.81. The molecule has 0 aliphatic heterocycles. The fraction of sp³-hybridized carbons (Fsp3) is 0.0526. The number of pyridine rings is 1. The van der Waals surface area contributed by atoms with Gasteiger partial charge in [-0.05, 0) is 55.5 Å². The van der Waals surface area contributed by atoms with Gasteiger partial charge >= 0.3 is 0 Å². The van der Waals surface area contributed by atoms with Crippen LogP contribution in [0, 0.1) is 0 Å². The number of ketones is 1. The molecule has 1 N–H and O–H groups in total. The van der Waals surface area contributed by atoms with E-state index in [1.54, 1.807) is 31.3 Å². The number of benzene rings is 2. The van der Waals surface area contributed by atoms with Crippen LogP contribution in [0.2, 0.25) is 0 Å². The molecule has 0 aliphatic rings. The van der Waals surface area contributed by atoms with Gasteiger partial charge in [-0.1, -0.05) is 18.2 Å². The monoisotopic (exact) mass is 316 g/mol. The van der Waals surface area contributed by atoms with E-state index in [0.29, 0.717) is 17.1 Å². The third-order valence-corrected chi connectivity index (χ3v) is 3.38. The Bertz CT molecular complexity index is 858. The van der Waals surface area contributed by atoms with Crippen LogP contribution in [0.5, 0.6) is 0 Å². The van der Waals surface area contributed by atoms with E-state index in [-0.39, 0.29) is 5.78 Å². The van der Waals surface area contributed by atoms with Gasteiger partial charge in [0, 0.05) is 17.4 Å². The summed E-state index contributed by atoms with van der Waals surface area (Å²) in [5.41, 5.74) is 3.09. The molecule has 5 heteroatoms. The van der Waals surface area contributed by atoms with Crippen LogP contribution in [0.3, 0.4) is 0 Å². The molecule has 24 heavy (non-hydrogen) atoms. The van der Waals surface area contributed by atoms with Crippen LogP contribution in [0.1, 0.15) is 17.3 Å². The number of nitrogens with zero attached hydrogens (tertiary/aromatic N) is 3. The Hall–Kier alpha value is -3.34. The molecule has 1 aromatic heterocycles. The SMILES string of the molecule is CC(=O)c1ccc(Nc2ccccc2N=Nc2ccccn2)cc1. The number of anilines is 2. The molecule has 0 fully saturated rings. The number of azo groups is 1. The molecule has 0 spiro atoms. The molecule has 3 aromatic rings. The van der Waals surface area contributed by atoms with Crippen LogP contribution >= 0.6 is 0 Å². The Labute approximate surface area is 140 Å². The first-order chi connectivity index (χ1) is 11.7. The van der Waals surface area contributed by atoms with Gasteiger partial charge < -0.3 is 5.32 Å². The lowest BCUT2D eigenvalue weighted by Gasteiger charge is -2.09. The van der Waals surface area contributed by atoms with Crippen molar-refractivity contribution in [2.75, 3.05) is 5.32 Å². The second kappa shape index (κ2) is 7.28. The summed E-state index contributed by atoms with van der Waals surface area (Å²) in [6.45, 7) is 1.55. The summed E-state index contributed by atoms with van der Waals surface area (Å²) < 4.78 is 0. The van der Waals surface area contributed by atoms with Gasteiger partial charge in [0.25, 0.3) is 0 Å². The molecule has 3 rings (SSSR count). The maximum Gasteiger partial charge on any atom is 0.174 e. The van der Waals surface area contributed by atoms with E-state index in [2.05, 4.69) is 20.5 Å². The van der Waals surface area contributed by atoms with Gasteiger partial charge in [-0.2, -0.15) is 0 Å². The lowest BCUT2D eigenvalue weighted by atomic mass is 10.1. The molecule has 118 valence electrons. The van der Waals surface area contributed by atoms with Crippen LogP contribution in [0.15, 0.2) is 83.2 Å². The highest BCUT2D eigenvalue weighted by molar-refractivity contribution is 5.94. The Morgan fingerprint density at radius 3 is 2.38 bits per heavy atom. The predicted molar refractivity (Wildman–Crippen MR) is 94.6 cm³/mol. The zero-order valence-corrected chi connectivity index (χ0v) is 13.2. The lowest BCUT2D eigenvalue weighted by molar-refractivity contribution is 0.101. The van der Waals surface area contributed by atoms with Crippen LogP contribution in [0.25, 0.3) is 0 Å². The van der Waals surface area contributed by atoms with Gasteiger partial charge in [0.05, 0.1) is 5.69 Å². The molecule has 5 nitrogen and oxygen atoms in total. The molecular weight excluding hydrogens is 300 g/mol. The largest absolute Gasteiger partial charge is 0.354 e. The van der Waals surface area contributed by atoms with Crippen molar-refractivity contribution < 1.29 is 4.79 Å². The second-order valence-electron chi connectivity index (χ2n) is 5.16. The van der Waals surface area contributed by atoms with Crippen molar-refractivity contribution in [2.45, 2.75) is 6.92 Å². The smallest absolute Gasteiger partial charge is 0.174 e. The predicted octanol–water partition coefficient (Wildman–Crippen LogP) is 5.44. The number of rotatable bonds is 5. The van der Waals surface area contributed by atoms with E-state index in [4.69, 9.17) is 0 Å². The van der Waals surface area contributed by atoms with Crippen molar-refractivity contribution in [3.8, 4) is 0 Å². The Morgan fingerprint density at radius 2 is 1.67 bits per heavy atom. The molecule has 0 atom stereocenters. The van der Waals surface area contributed by atoms with Crippen molar-refractivity contribution in [1.82, 2.24) is 4.98 Å². The molecule has 0 amide bonds. The number of Topliss-reactive ketones (excluding diaryl/α,β-unsaturated/α-hetero) is 1. The molecule has 0 saturated heterocycles. The quantitative estimate of drug-likeness (QED) is 0.503. The van der Waals surface area contributed by atoms with E-state index >= 15 is 0 Å². The van der Waals surface area contributed by atoms with E-state index in [1.165, 1.54) is 0 Å². The van der Waals surface area contributed by atoms with Crippen molar-refractivity contribution in [1.29, 1.82) is 0 Å².